The van der Waals surface area contributed by atoms with Crippen LogP contribution in [0, 0.1) is 0 Å². The highest BCUT2D eigenvalue weighted by atomic mass is 16.7. The zero-order valence-corrected chi connectivity index (χ0v) is 38.2. The number of aliphatic hydroxyl groups excluding tert-OH is 7. The van der Waals surface area contributed by atoms with Crippen molar-refractivity contribution in [1.82, 2.24) is 5.32 Å². The highest BCUT2D eigenvalue weighted by Crippen LogP contribution is 2.23. The zero-order valence-electron chi connectivity index (χ0n) is 38.2. The smallest absolute Gasteiger partial charge is 0.249 e. The number of hydrogen-bond donors (Lipinski definition) is 8. The van der Waals surface area contributed by atoms with Crippen LogP contribution in [0.5, 0.6) is 0 Å². The molecule has 0 bridgehead atoms. The molecule has 0 aromatic rings. The topological polar surface area (TPSA) is 189 Å². The standard InChI is InChI=1S/C49H93NO10/c1-3-5-7-9-10-11-12-13-14-15-16-17-18-19-20-21-22-23-24-25-26-27-28-29-30-31-33-35-37-42(53)48(58)50-40(44(54)41(52)36-34-32-8-6-4-2)39-59-49-47(57)46(56)45(55)43(38-51)60-49/h16-17,19-20,40-47,49,51-57H,3-15,18,21-39H2,1-2H3,(H,50,58)/b17-16-,20-19-. The van der Waals surface area contributed by atoms with Gasteiger partial charge in [-0.25, -0.2) is 0 Å². The number of carbonyl (C=O) groups is 1. The predicted octanol–water partition coefficient (Wildman–Crippen LogP) is 8.62. The number of carbonyl (C=O) groups excluding carboxylic acids is 1. The van der Waals surface area contributed by atoms with E-state index in [-0.39, 0.29) is 6.42 Å². The van der Waals surface area contributed by atoms with Gasteiger partial charge in [0.1, 0.15) is 36.6 Å². The van der Waals surface area contributed by atoms with E-state index in [0.717, 1.165) is 51.4 Å². The Kier molecular flexibility index (Phi) is 37.0. The Morgan fingerprint density at radius 1 is 0.583 bits per heavy atom. The Labute approximate surface area is 365 Å². The van der Waals surface area contributed by atoms with Crippen LogP contribution in [-0.4, -0.2) is 110 Å². The molecule has 1 heterocycles. The molecular formula is C49H93NO10. The van der Waals surface area contributed by atoms with Crippen LogP contribution in [0.2, 0.25) is 0 Å². The number of hydrogen-bond acceptors (Lipinski definition) is 10. The molecule has 9 atom stereocenters. The first-order valence-corrected chi connectivity index (χ1v) is 24.7. The van der Waals surface area contributed by atoms with Crippen LogP contribution in [0.25, 0.3) is 0 Å². The van der Waals surface area contributed by atoms with Crippen LogP contribution < -0.4 is 5.32 Å². The Bertz CT molecular complexity index is 1030. The van der Waals surface area contributed by atoms with Crippen molar-refractivity contribution in [2.24, 2.45) is 0 Å². The number of rotatable bonds is 41. The lowest BCUT2D eigenvalue weighted by Gasteiger charge is -2.40. The molecule has 11 nitrogen and oxygen atoms in total. The van der Waals surface area contributed by atoms with Gasteiger partial charge in [-0.2, -0.15) is 0 Å². The average molecular weight is 856 g/mol. The zero-order chi connectivity index (χ0) is 44.1. The molecule has 0 radical (unpaired) electrons. The van der Waals surface area contributed by atoms with Crippen LogP contribution in [-0.2, 0) is 14.3 Å². The maximum absolute atomic E-state index is 13.0. The third-order valence-electron chi connectivity index (χ3n) is 12.0. The summed E-state index contributed by atoms with van der Waals surface area (Å²) in [7, 11) is 0. The lowest BCUT2D eigenvalue weighted by Crippen LogP contribution is -2.60. The Morgan fingerprint density at radius 3 is 1.48 bits per heavy atom. The van der Waals surface area contributed by atoms with Crippen LogP contribution in [0.4, 0.5) is 0 Å². The van der Waals surface area contributed by atoms with Gasteiger partial charge >= 0.3 is 0 Å². The maximum Gasteiger partial charge on any atom is 0.249 e. The molecule has 1 fully saturated rings. The van der Waals surface area contributed by atoms with E-state index in [0.29, 0.717) is 19.3 Å². The maximum atomic E-state index is 13.0. The molecule has 0 saturated carbocycles. The van der Waals surface area contributed by atoms with E-state index in [1.54, 1.807) is 0 Å². The van der Waals surface area contributed by atoms with Crippen molar-refractivity contribution in [3.63, 3.8) is 0 Å². The first-order valence-electron chi connectivity index (χ1n) is 24.7. The number of nitrogens with one attached hydrogen (secondary N) is 1. The molecule has 0 aromatic heterocycles. The molecule has 60 heavy (non-hydrogen) atoms. The first-order chi connectivity index (χ1) is 29.2. The summed E-state index contributed by atoms with van der Waals surface area (Å²) in [5, 5.41) is 75.1. The number of unbranched alkanes of at least 4 members (excludes halogenated alkanes) is 25. The molecule has 9 unspecified atom stereocenters. The van der Waals surface area contributed by atoms with E-state index in [1.165, 1.54) is 122 Å². The molecule has 0 aliphatic carbocycles. The fraction of sp³-hybridized carbons (Fsp3) is 0.898. The third kappa shape index (κ3) is 28.3. The minimum atomic E-state index is -1.66. The van der Waals surface area contributed by atoms with Gasteiger partial charge in [-0.1, -0.05) is 192 Å². The van der Waals surface area contributed by atoms with Gasteiger partial charge in [-0.15, -0.1) is 0 Å². The quantitative estimate of drug-likeness (QED) is 0.0218. The number of aliphatic hydroxyl groups is 7. The minimum absolute atomic E-state index is 0.258. The summed E-state index contributed by atoms with van der Waals surface area (Å²) in [5.74, 6) is -0.703. The van der Waals surface area contributed by atoms with E-state index in [4.69, 9.17) is 9.47 Å². The largest absolute Gasteiger partial charge is 0.394 e. The van der Waals surface area contributed by atoms with Crippen molar-refractivity contribution < 1.29 is 50.0 Å². The molecule has 0 aromatic carbocycles. The van der Waals surface area contributed by atoms with Crippen molar-refractivity contribution in [2.45, 2.75) is 268 Å². The second-order valence-electron chi connectivity index (χ2n) is 17.5. The van der Waals surface area contributed by atoms with Crippen LogP contribution in [0.3, 0.4) is 0 Å². The Morgan fingerprint density at radius 2 is 1.02 bits per heavy atom. The van der Waals surface area contributed by atoms with E-state index in [9.17, 15) is 40.5 Å². The lowest BCUT2D eigenvalue weighted by molar-refractivity contribution is -0.303. The van der Waals surface area contributed by atoms with E-state index in [2.05, 4.69) is 43.5 Å². The second kappa shape index (κ2) is 39.2. The Hall–Kier alpha value is -1.41. The van der Waals surface area contributed by atoms with Gasteiger partial charge in [0.15, 0.2) is 6.29 Å². The normalized spacial score (nSPS) is 21.8. The molecule has 354 valence electrons. The second-order valence-corrected chi connectivity index (χ2v) is 17.5. The Balaban J connectivity index is 2.18. The molecule has 8 N–H and O–H groups in total. The highest BCUT2D eigenvalue weighted by Gasteiger charge is 2.44. The summed E-state index contributed by atoms with van der Waals surface area (Å²) in [6.45, 7) is 3.33. The van der Waals surface area contributed by atoms with Crippen molar-refractivity contribution in [2.75, 3.05) is 13.2 Å². The van der Waals surface area contributed by atoms with Gasteiger partial charge in [0.2, 0.25) is 5.91 Å². The summed E-state index contributed by atoms with van der Waals surface area (Å²) < 4.78 is 11.0. The van der Waals surface area contributed by atoms with Crippen LogP contribution in [0.15, 0.2) is 24.3 Å². The number of ether oxygens (including phenoxy) is 2. The fourth-order valence-electron chi connectivity index (χ4n) is 7.88. The van der Waals surface area contributed by atoms with E-state index in [1.807, 2.05) is 0 Å². The van der Waals surface area contributed by atoms with Crippen LogP contribution >= 0.6 is 0 Å². The SMILES string of the molecule is CCCCCCCCCCC/C=C\C/C=C\CCCCCCCCCCCCCCC(O)C(=O)NC(COC1OC(CO)C(O)C(O)C1O)C(O)C(O)CCCCCCC. The van der Waals surface area contributed by atoms with Gasteiger partial charge in [-0.05, 0) is 44.9 Å². The number of allylic oxidation sites excluding steroid dienone is 4. The summed E-state index contributed by atoms with van der Waals surface area (Å²) in [5.41, 5.74) is 0. The van der Waals surface area contributed by atoms with Crippen molar-refractivity contribution in [3.05, 3.63) is 24.3 Å². The van der Waals surface area contributed by atoms with Gasteiger partial charge in [-0.3, -0.25) is 4.79 Å². The summed E-state index contributed by atoms with van der Waals surface area (Å²) in [4.78, 5) is 13.0. The summed E-state index contributed by atoms with van der Waals surface area (Å²) >= 11 is 0. The molecule has 1 aliphatic heterocycles. The fourth-order valence-corrected chi connectivity index (χ4v) is 7.88. The van der Waals surface area contributed by atoms with Crippen LogP contribution in [0.1, 0.15) is 213 Å². The van der Waals surface area contributed by atoms with Gasteiger partial charge in [0.05, 0.1) is 25.4 Å². The first kappa shape index (κ1) is 56.6. The summed E-state index contributed by atoms with van der Waals surface area (Å²) in [6.07, 6.45) is 33.1. The molecular weight excluding hydrogens is 763 g/mol. The highest BCUT2D eigenvalue weighted by molar-refractivity contribution is 5.80. The van der Waals surface area contributed by atoms with Gasteiger partial charge in [0.25, 0.3) is 0 Å². The monoisotopic (exact) mass is 856 g/mol. The summed E-state index contributed by atoms with van der Waals surface area (Å²) in [6, 6.07) is -1.16. The van der Waals surface area contributed by atoms with Gasteiger partial charge < -0.3 is 50.5 Å². The van der Waals surface area contributed by atoms with E-state index >= 15 is 0 Å². The van der Waals surface area contributed by atoms with Crippen molar-refractivity contribution in [1.29, 1.82) is 0 Å². The minimum Gasteiger partial charge on any atom is -0.394 e. The lowest BCUT2D eigenvalue weighted by atomic mass is 9.98. The van der Waals surface area contributed by atoms with Crippen molar-refractivity contribution >= 4 is 5.91 Å². The third-order valence-corrected chi connectivity index (χ3v) is 12.0. The molecule has 1 amide bonds. The molecule has 1 rings (SSSR count). The van der Waals surface area contributed by atoms with E-state index < -0.39 is 74.2 Å². The van der Waals surface area contributed by atoms with Gasteiger partial charge in [0, 0.05) is 0 Å². The number of amides is 1. The molecule has 0 spiro atoms. The average Bonchev–Trinajstić information content (AvgIpc) is 3.25. The molecule has 1 aliphatic rings. The van der Waals surface area contributed by atoms with Crippen molar-refractivity contribution in [3.8, 4) is 0 Å². The molecule has 11 heteroatoms. The predicted molar refractivity (Wildman–Crippen MR) is 242 cm³/mol. The molecule has 1 saturated heterocycles.